The van der Waals surface area contributed by atoms with Crippen LogP contribution in [-0.4, -0.2) is 15.0 Å². The minimum atomic E-state index is 0.628. The first-order valence-corrected chi connectivity index (χ1v) is 15.0. The summed E-state index contributed by atoms with van der Waals surface area (Å²) in [5, 5.41) is 7.03. The Hall–Kier alpha value is -6.13. The van der Waals surface area contributed by atoms with Crippen molar-refractivity contribution in [2.24, 2.45) is 0 Å². The number of hydrogen-bond donors (Lipinski definition) is 0. The average molecular weight is 576 g/mol. The van der Waals surface area contributed by atoms with Crippen molar-refractivity contribution in [2.45, 2.75) is 0 Å². The van der Waals surface area contributed by atoms with Crippen molar-refractivity contribution < 1.29 is 4.42 Å². The highest BCUT2D eigenvalue weighted by Gasteiger charge is 2.16. The highest BCUT2D eigenvalue weighted by molar-refractivity contribution is 6.12. The summed E-state index contributed by atoms with van der Waals surface area (Å²) in [6, 6.07) is 52.2. The normalized spacial score (nSPS) is 11.6. The number of benzene rings is 7. The number of nitrogens with zero attached hydrogens (tertiary/aromatic N) is 3. The Morgan fingerprint density at radius 1 is 0.356 bits per heavy atom. The predicted octanol–water partition coefficient (Wildman–Crippen LogP) is 10.7. The van der Waals surface area contributed by atoms with Crippen LogP contribution in [0, 0.1) is 0 Å². The van der Waals surface area contributed by atoms with Crippen LogP contribution in [0.15, 0.2) is 156 Å². The van der Waals surface area contributed by atoms with Crippen LogP contribution >= 0.6 is 0 Å². The van der Waals surface area contributed by atoms with E-state index < -0.39 is 0 Å². The highest BCUT2D eigenvalue weighted by atomic mass is 16.3. The number of hydrogen-bond acceptors (Lipinski definition) is 4. The van der Waals surface area contributed by atoms with E-state index in [2.05, 4.69) is 97.1 Å². The summed E-state index contributed by atoms with van der Waals surface area (Å²) in [7, 11) is 0. The molecule has 0 amide bonds. The molecule has 9 aromatic rings. The first-order valence-electron chi connectivity index (χ1n) is 15.0. The second-order valence-corrected chi connectivity index (χ2v) is 11.3. The molecule has 0 fully saturated rings. The molecule has 0 aliphatic carbocycles. The van der Waals surface area contributed by atoms with Crippen molar-refractivity contribution in [3.63, 3.8) is 0 Å². The van der Waals surface area contributed by atoms with Gasteiger partial charge in [0.05, 0.1) is 0 Å². The lowest BCUT2D eigenvalue weighted by Gasteiger charge is -2.11. The molecule has 0 spiro atoms. The third-order valence-electron chi connectivity index (χ3n) is 8.50. The molecule has 7 aromatic carbocycles. The smallest absolute Gasteiger partial charge is 0.164 e. The average Bonchev–Trinajstić information content (AvgIpc) is 3.51. The van der Waals surface area contributed by atoms with E-state index in [-0.39, 0.29) is 0 Å². The summed E-state index contributed by atoms with van der Waals surface area (Å²) in [5.74, 6) is 1.91. The van der Waals surface area contributed by atoms with Crippen LogP contribution in [0.25, 0.3) is 88.8 Å². The molecule has 4 nitrogen and oxygen atoms in total. The van der Waals surface area contributed by atoms with Gasteiger partial charge in [-0.2, -0.15) is 0 Å². The summed E-state index contributed by atoms with van der Waals surface area (Å²) in [4.78, 5) is 15.0. The zero-order valence-corrected chi connectivity index (χ0v) is 24.2. The lowest BCUT2D eigenvalue weighted by atomic mass is 9.97. The number of para-hydroxylation sites is 1. The van der Waals surface area contributed by atoms with Gasteiger partial charge < -0.3 is 4.42 Å². The molecular weight excluding hydrogens is 550 g/mol. The molecule has 0 aliphatic heterocycles. The molecule has 45 heavy (non-hydrogen) atoms. The molecule has 0 bridgehead atoms. The molecule has 0 unspecified atom stereocenters. The van der Waals surface area contributed by atoms with Gasteiger partial charge in [0.15, 0.2) is 17.5 Å². The molecule has 0 N–H and O–H groups in total. The summed E-state index contributed by atoms with van der Waals surface area (Å²) in [6.45, 7) is 0. The van der Waals surface area contributed by atoms with Crippen molar-refractivity contribution >= 4 is 43.5 Å². The zero-order valence-electron chi connectivity index (χ0n) is 24.2. The summed E-state index contributed by atoms with van der Waals surface area (Å²) >= 11 is 0. The molecule has 0 atom stereocenters. The highest BCUT2D eigenvalue weighted by Crippen LogP contribution is 2.38. The van der Waals surface area contributed by atoms with E-state index in [9.17, 15) is 0 Å². The molecule has 210 valence electrons. The van der Waals surface area contributed by atoms with Crippen molar-refractivity contribution in [2.75, 3.05) is 0 Å². The van der Waals surface area contributed by atoms with Gasteiger partial charge in [-0.3, -0.25) is 0 Å². The minimum Gasteiger partial charge on any atom is -0.456 e. The first-order chi connectivity index (χ1) is 22.3. The summed E-state index contributed by atoms with van der Waals surface area (Å²) < 4.78 is 6.18. The van der Waals surface area contributed by atoms with Crippen LogP contribution in [0.2, 0.25) is 0 Å². The van der Waals surface area contributed by atoms with Crippen LogP contribution in [0.5, 0.6) is 0 Å². The maximum absolute atomic E-state index is 6.18. The van der Waals surface area contributed by atoms with Crippen molar-refractivity contribution in [3.05, 3.63) is 152 Å². The SMILES string of the molecule is c1ccc(-c2nc(-c3cccc(-c4cccc5oc6ccccc6c45)c3)nc(-c3ccc4c(ccc5ccccc54)c3)n2)cc1. The van der Waals surface area contributed by atoms with Gasteiger partial charge in [-0.05, 0) is 56.9 Å². The number of rotatable bonds is 4. The van der Waals surface area contributed by atoms with E-state index in [1.165, 1.54) is 16.2 Å². The van der Waals surface area contributed by atoms with Crippen molar-refractivity contribution in [3.8, 4) is 45.3 Å². The Labute approximate surface area is 259 Å². The molecule has 4 heteroatoms. The van der Waals surface area contributed by atoms with Crippen molar-refractivity contribution in [1.82, 2.24) is 15.0 Å². The number of aromatic nitrogens is 3. The zero-order chi connectivity index (χ0) is 29.7. The number of fused-ring (bicyclic) bond motifs is 6. The molecule has 0 saturated heterocycles. The maximum Gasteiger partial charge on any atom is 0.164 e. The fraction of sp³-hybridized carbons (Fsp3) is 0. The van der Waals surface area contributed by atoms with E-state index in [0.29, 0.717) is 17.5 Å². The standard InChI is InChI=1S/C41H25N3O/c1-2-11-27(12-3-1)39-42-40(44-41(43-39)31-22-23-33-29(25-31)21-20-26-10-4-5-15-32(26)33)30-14-8-13-28(24-30)34-17-9-19-37-38(34)35-16-6-7-18-36(35)45-37/h1-25H. The largest absolute Gasteiger partial charge is 0.456 e. The third kappa shape index (κ3) is 4.35. The Kier molecular flexibility index (Phi) is 5.78. The number of furan rings is 1. The first kappa shape index (κ1) is 25.4. The van der Waals surface area contributed by atoms with E-state index >= 15 is 0 Å². The second-order valence-electron chi connectivity index (χ2n) is 11.3. The molecular formula is C41H25N3O. The van der Waals surface area contributed by atoms with Gasteiger partial charge in [-0.1, -0.05) is 127 Å². The van der Waals surface area contributed by atoms with E-state index in [0.717, 1.165) is 55.1 Å². The second kappa shape index (κ2) is 10.2. The lowest BCUT2D eigenvalue weighted by molar-refractivity contribution is 0.669. The third-order valence-corrected chi connectivity index (χ3v) is 8.50. The quantitative estimate of drug-likeness (QED) is 0.196. The topological polar surface area (TPSA) is 51.8 Å². The molecule has 0 aliphatic rings. The fourth-order valence-electron chi connectivity index (χ4n) is 6.34. The molecule has 0 radical (unpaired) electrons. The van der Waals surface area contributed by atoms with Crippen LogP contribution in [0.4, 0.5) is 0 Å². The molecule has 0 saturated carbocycles. The van der Waals surface area contributed by atoms with Gasteiger partial charge >= 0.3 is 0 Å². The van der Waals surface area contributed by atoms with Crippen LogP contribution in [-0.2, 0) is 0 Å². The van der Waals surface area contributed by atoms with Crippen LogP contribution in [0.1, 0.15) is 0 Å². The minimum absolute atomic E-state index is 0.628. The Balaban J connectivity index is 1.22. The van der Waals surface area contributed by atoms with Crippen molar-refractivity contribution in [1.29, 1.82) is 0 Å². The molecule has 2 aromatic heterocycles. The van der Waals surface area contributed by atoms with Gasteiger partial charge in [-0.25, -0.2) is 15.0 Å². The van der Waals surface area contributed by atoms with Gasteiger partial charge in [0, 0.05) is 27.5 Å². The Bertz CT molecular complexity index is 2550. The van der Waals surface area contributed by atoms with Gasteiger partial charge in [-0.15, -0.1) is 0 Å². The monoisotopic (exact) mass is 575 g/mol. The summed E-state index contributed by atoms with van der Waals surface area (Å²) in [6.07, 6.45) is 0. The Morgan fingerprint density at radius 3 is 1.82 bits per heavy atom. The van der Waals surface area contributed by atoms with Crippen LogP contribution in [0.3, 0.4) is 0 Å². The van der Waals surface area contributed by atoms with Gasteiger partial charge in [0.1, 0.15) is 11.2 Å². The van der Waals surface area contributed by atoms with E-state index in [1.54, 1.807) is 0 Å². The Morgan fingerprint density at radius 2 is 0.956 bits per heavy atom. The van der Waals surface area contributed by atoms with E-state index in [1.807, 2.05) is 54.6 Å². The van der Waals surface area contributed by atoms with Gasteiger partial charge in [0.2, 0.25) is 0 Å². The molecule has 9 rings (SSSR count). The predicted molar refractivity (Wildman–Crippen MR) is 184 cm³/mol. The molecule has 2 heterocycles. The lowest BCUT2D eigenvalue weighted by Crippen LogP contribution is -2.00. The summed E-state index contributed by atoms with van der Waals surface area (Å²) in [5.41, 5.74) is 6.75. The fourth-order valence-corrected chi connectivity index (χ4v) is 6.34. The maximum atomic E-state index is 6.18. The van der Waals surface area contributed by atoms with E-state index in [4.69, 9.17) is 19.4 Å². The van der Waals surface area contributed by atoms with Gasteiger partial charge in [0.25, 0.3) is 0 Å². The van der Waals surface area contributed by atoms with Crippen LogP contribution < -0.4 is 0 Å².